The summed E-state index contributed by atoms with van der Waals surface area (Å²) in [6.45, 7) is 14.4. The van der Waals surface area contributed by atoms with Gasteiger partial charge in [-0.25, -0.2) is 4.98 Å². The monoisotopic (exact) mass is 283 g/mol. The summed E-state index contributed by atoms with van der Waals surface area (Å²) in [6, 6.07) is 0. The van der Waals surface area contributed by atoms with Gasteiger partial charge in [0, 0.05) is 30.1 Å². The third-order valence-corrected chi connectivity index (χ3v) is 4.39. The third-order valence-electron chi connectivity index (χ3n) is 3.17. The van der Waals surface area contributed by atoms with Gasteiger partial charge in [0.2, 0.25) is 0 Å². The van der Waals surface area contributed by atoms with Crippen LogP contribution in [0.4, 0.5) is 5.13 Å². The Balaban J connectivity index is 2.03. The first-order chi connectivity index (χ1) is 8.85. The van der Waals surface area contributed by atoms with Crippen LogP contribution in [0.5, 0.6) is 0 Å². The van der Waals surface area contributed by atoms with Crippen molar-refractivity contribution in [2.75, 3.05) is 24.6 Å². The highest BCUT2D eigenvalue weighted by Gasteiger charge is 2.21. The molecule has 1 saturated heterocycles. The van der Waals surface area contributed by atoms with Crippen LogP contribution in [0.25, 0.3) is 0 Å². The van der Waals surface area contributed by atoms with E-state index < -0.39 is 0 Å². The maximum atomic E-state index is 5.58. The fourth-order valence-corrected chi connectivity index (χ4v) is 3.09. The fourth-order valence-electron chi connectivity index (χ4n) is 2.05. The largest absolute Gasteiger partial charge is 0.375 e. The molecular weight excluding hydrogens is 258 g/mol. The van der Waals surface area contributed by atoms with Crippen LogP contribution in [0.2, 0.25) is 0 Å². The lowest BCUT2D eigenvalue weighted by molar-refractivity contribution is 0.0532. The zero-order chi connectivity index (χ0) is 14.0. The highest BCUT2D eigenvalue weighted by molar-refractivity contribution is 7.15. The van der Waals surface area contributed by atoms with E-state index in [-0.39, 0.29) is 5.54 Å². The summed E-state index contributed by atoms with van der Waals surface area (Å²) in [4.78, 5) is 8.40. The molecule has 1 N–H and O–H groups in total. The molecule has 0 aromatic carbocycles. The van der Waals surface area contributed by atoms with Gasteiger partial charge in [0.25, 0.3) is 0 Å². The quantitative estimate of drug-likeness (QED) is 0.925. The molecule has 0 spiro atoms. The van der Waals surface area contributed by atoms with Crippen molar-refractivity contribution in [3.05, 3.63) is 10.6 Å². The van der Waals surface area contributed by atoms with Crippen molar-refractivity contribution >= 4 is 16.5 Å². The summed E-state index contributed by atoms with van der Waals surface area (Å²) >= 11 is 1.81. The lowest BCUT2D eigenvalue weighted by Gasteiger charge is -2.30. The Morgan fingerprint density at radius 2 is 2.21 bits per heavy atom. The molecule has 1 aliphatic rings. The molecule has 108 valence electrons. The van der Waals surface area contributed by atoms with Crippen LogP contribution in [-0.2, 0) is 11.3 Å². The zero-order valence-electron chi connectivity index (χ0n) is 12.6. The van der Waals surface area contributed by atoms with Crippen LogP contribution in [0.1, 0.15) is 38.3 Å². The van der Waals surface area contributed by atoms with Gasteiger partial charge < -0.3 is 15.0 Å². The number of hydrogen-bond donors (Lipinski definition) is 1. The van der Waals surface area contributed by atoms with Crippen LogP contribution in [0, 0.1) is 6.92 Å². The second-order valence-electron chi connectivity index (χ2n) is 6.24. The molecule has 2 heterocycles. The Bertz CT molecular complexity index is 425. The molecule has 1 aromatic heterocycles. The van der Waals surface area contributed by atoms with E-state index in [2.05, 4.69) is 44.8 Å². The van der Waals surface area contributed by atoms with Gasteiger partial charge in [0.05, 0.1) is 18.4 Å². The number of nitrogens with one attached hydrogen (secondary N) is 1. The van der Waals surface area contributed by atoms with Crippen molar-refractivity contribution < 1.29 is 4.74 Å². The minimum atomic E-state index is 0.143. The smallest absolute Gasteiger partial charge is 0.185 e. The Morgan fingerprint density at radius 1 is 1.47 bits per heavy atom. The minimum Gasteiger partial charge on any atom is -0.375 e. The van der Waals surface area contributed by atoms with Gasteiger partial charge >= 0.3 is 0 Å². The van der Waals surface area contributed by atoms with E-state index in [0.29, 0.717) is 6.10 Å². The SMILES string of the molecule is Cc1nc(N2CCOC(C)C2)sc1CNC(C)(C)C. The Labute approximate surface area is 120 Å². The first-order valence-corrected chi connectivity index (χ1v) is 7.75. The van der Waals surface area contributed by atoms with E-state index in [1.807, 2.05) is 0 Å². The number of hydrogen-bond acceptors (Lipinski definition) is 5. The number of aromatic nitrogens is 1. The van der Waals surface area contributed by atoms with Crippen LogP contribution < -0.4 is 10.2 Å². The first-order valence-electron chi connectivity index (χ1n) is 6.93. The van der Waals surface area contributed by atoms with Crippen molar-refractivity contribution in [2.45, 2.75) is 52.8 Å². The predicted octanol–water partition coefficient (Wildman–Crippen LogP) is 2.56. The number of anilines is 1. The minimum absolute atomic E-state index is 0.143. The number of rotatable bonds is 3. The molecule has 0 amide bonds. The van der Waals surface area contributed by atoms with E-state index in [4.69, 9.17) is 9.72 Å². The number of morpholine rings is 1. The number of ether oxygens (including phenoxy) is 1. The molecule has 0 radical (unpaired) electrons. The fraction of sp³-hybridized carbons (Fsp3) is 0.786. The number of thiazole rings is 1. The van der Waals surface area contributed by atoms with Gasteiger partial charge in [-0.05, 0) is 34.6 Å². The second kappa shape index (κ2) is 5.77. The van der Waals surface area contributed by atoms with Gasteiger partial charge in [0.1, 0.15) is 0 Å². The molecule has 4 nitrogen and oxygen atoms in total. The summed E-state index contributed by atoms with van der Waals surface area (Å²) in [5.41, 5.74) is 1.29. The summed E-state index contributed by atoms with van der Waals surface area (Å²) in [7, 11) is 0. The maximum Gasteiger partial charge on any atom is 0.185 e. The van der Waals surface area contributed by atoms with Crippen molar-refractivity contribution in [1.29, 1.82) is 0 Å². The topological polar surface area (TPSA) is 37.4 Å². The molecule has 1 atom stereocenters. The lowest BCUT2D eigenvalue weighted by Crippen LogP contribution is -2.41. The molecule has 19 heavy (non-hydrogen) atoms. The van der Waals surface area contributed by atoms with E-state index in [0.717, 1.165) is 37.1 Å². The summed E-state index contributed by atoms with van der Waals surface area (Å²) in [6.07, 6.45) is 0.300. The summed E-state index contributed by atoms with van der Waals surface area (Å²) in [5, 5.41) is 4.67. The Morgan fingerprint density at radius 3 is 2.84 bits per heavy atom. The van der Waals surface area contributed by atoms with Crippen LogP contribution in [0.15, 0.2) is 0 Å². The van der Waals surface area contributed by atoms with Gasteiger partial charge in [0.15, 0.2) is 5.13 Å². The highest BCUT2D eigenvalue weighted by atomic mass is 32.1. The predicted molar refractivity (Wildman–Crippen MR) is 81.1 cm³/mol. The number of aryl methyl sites for hydroxylation is 1. The van der Waals surface area contributed by atoms with Gasteiger partial charge in [-0.15, -0.1) is 11.3 Å². The molecule has 0 bridgehead atoms. The summed E-state index contributed by atoms with van der Waals surface area (Å²) in [5.74, 6) is 0. The van der Waals surface area contributed by atoms with Gasteiger partial charge in [-0.2, -0.15) is 0 Å². The zero-order valence-corrected chi connectivity index (χ0v) is 13.4. The normalized spacial score (nSPS) is 20.9. The molecule has 0 saturated carbocycles. The van der Waals surface area contributed by atoms with Crippen molar-refractivity contribution in [2.24, 2.45) is 0 Å². The van der Waals surface area contributed by atoms with E-state index in [1.165, 1.54) is 4.88 Å². The molecule has 1 fully saturated rings. The Hall–Kier alpha value is -0.650. The molecule has 1 aromatic rings. The van der Waals surface area contributed by atoms with Crippen LogP contribution in [-0.4, -0.2) is 36.3 Å². The molecule has 1 unspecified atom stereocenters. The maximum absolute atomic E-state index is 5.58. The van der Waals surface area contributed by atoms with E-state index in [9.17, 15) is 0 Å². The van der Waals surface area contributed by atoms with Gasteiger partial charge in [-0.1, -0.05) is 0 Å². The second-order valence-corrected chi connectivity index (χ2v) is 7.30. The third kappa shape index (κ3) is 4.16. The summed E-state index contributed by atoms with van der Waals surface area (Å²) < 4.78 is 5.58. The molecule has 5 heteroatoms. The average Bonchev–Trinajstić information content (AvgIpc) is 2.67. The van der Waals surface area contributed by atoms with Crippen LogP contribution >= 0.6 is 11.3 Å². The molecule has 1 aliphatic heterocycles. The number of nitrogens with zero attached hydrogens (tertiary/aromatic N) is 2. The molecule has 2 rings (SSSR count). The van der Waals surface area contributed by atoms with E-state index >= 15 is 0 Å². The molecule has 0 aliphatic carbocycles. The lowest BCUT2D eigenvalue weighted by atomic mass is 10.1. The van der Waals surface area contributed by atoms with Crippen LogP contribution in [0.3, 0.4) is 0 Å². The van der Waals surface area contributed by atoms with Crippen molar-refractivity contribution in [3.8, 4) is 0 Å². The molecular formula is C14H25N3OS. The first kappa shape index (κ1) is 14.8. The average molecular weight is 283 g/mol. The standard InChI is InChI=1S/C14H25N3OS/c1-10-9-17(6-7-18-10)13-16-11(2)12(19-13)8-15-14(3,4)5/h10,15H,6-9H2,1-5H3. The highest BCUT2D eigenvalue weighted by Crippen LogP contribution is 2.27. The van der Waals surface area contributed by atoms with Gasteiger partial charge in [-0.3, -0.25) is 0 Å². The van der Waals surface area contributed by atoms with Crippen molar-refractivity contribution in [1.82, 2.24) is 10.3 Å². The van der Waals surface area contributed by atoms with Crippen molar-refractivity contribution in [3.63, 3.8) is 0 Å². The van der Waals surface area contributed by atoms with E-state index in [1.54, 1.807) is 11.3 Å². The Kier molecular flexibility index (Phi) is 4.48.